The Morgan fingerprint density at radius 3 is 2.61 bits per heavy atom. The Hall–Kier alpha value is -2.60. The van der Waals surface area contributed by atoms with E-state index in [9.17, 15) is 14.4 Å². The summed E-state index contributed by atoms with van der Waals surface area (Å²) in [4.78, 5) is 39.6. The Morgan fingerprint density at radius 2 is 1.89 bits per heavy atom. The van der Waals surface area contributed by atoms with Crippen LogP contribution in [0.5, 0.6) is 0 Å². The molecule has 4 rings (SSSR count). The number of Topliss-reactive ketones (excluding diaryl/α,β-unsaturated/α-hetero) is 1. The van der Waals surface area contributed by atoms with Gasteiger partial charge in [-0.25, -0.2) is 4.79 Å². The van der Waals surface area contributed by atoms with Crippen LogP contribution >= 0.6 is 11.8 Å². The van der Waals surface area contributed by atoms with Gasteiger partial charge < -0.3 is 4.74 Å². The molecule has 0 N–H and O–H groups in total. The topological polar surface area (TPSA) is 63.7 Å². The molecule has 0 radical (unpaired) electrons. The van der Waals surface area contributed by atoms with Crippen LogP contribution in [-0.2, 0) is 20.7 Å². The number of fused-ring (bicyclic) bond motifs is 3. The summed E-state index contributed by atoms with van der Waals surface area (Å²) in [5, 5.41) is 0. The predicted octanol–water partition coefficient (Wildman–Crippen LogP) is 3.99. The van der Waals surface area contributed by atoms with E-state index in [-0.39, 0.29) is 18.1 Å². The SMILES string of the molecule is CCc1ccc(C(=O)[C@H](C)OC(=O)[C@@]23CCC(=O)N2c2ccccc2S3)cc1. The number of ether oxygens (including phenoxy) is 1. The van der Waals surface area contributed by atoms with Gasteiger partial charge in [0.2, 0.25) is 11.7 Å². The fraction of sp³-hybridized carbons (Fsp3) is 0.318. The van der Waals surface area contributed by atoms with Crippen LogP contribution in [0.15, 0.2) is 53.4 Å². The van der Waals surface area contributed by atoms with Gasteiger partial charge in [-0.1, -0.05) is 55.1 Å². The number of carbonyl (C=O) groups is 3. The largest absolute Gasteiger partial charge is 0.452 e. The van der Waals surface area contributed by atoms with Crippen LogP contribution in [0.4, 0.5) is 5.69 Å². The summed E-state index contributed by atoms with van der Waals surface area (Å²) in [7, 11) is 0. The van der Waals surface area contributed by atoms with E-state index in [0.29, 0.717) is 12.0 Å². The molecule has 0 unspecified atom stereocenters. The highest BCUT2D eigenvalue weighted by molar-refractivity contribution is 8.02. The first kappa shape index (κ1) is 18.7. The van der Waals surface area contributed by atoms with Crippen molar-refractivity contribution < 1.29 is 19.1 Å². The van der Waals surface area contributed by atoms with Crippen LogP contribution < -0.4 is 4.90 Å². The molecule has 2 aromatic carbocycles. The van der Waals surface area contributed by atoms with Crippen molar-refractivity contribution in [1.82, 2.24) is 0 Å². The number of benzene rings is 2. The van der Waals surface area contributed by atoms with Gasteiger partial charge in [0.1, 0.15) is 0 Å². The number of nitrogens with zero attached hydrogens (tertiary/aromatic N) is 1. The summed E-state index contributed by atoms with van der Waals surface area (Å²) >= 11 is 1.34. The first-order chi connectivity index (χ1) is 13.5. The summed E-state index contributed by atoms with van der Waals surface area (Å²) in [6, 6.07) is 14.8. The van der Waals surface area contributed by atoms with E-state index in [1.54, 1.807) is 24.0 Å². The summed E-state index contributed by atoms with van der Waals surface area (Å²) in [6.07, 6.45) is 0.632. The zero-order chi connectivity index (χ0) is 19.9. The lowest BCUT2D eigenvalue weighted by molar-refractivity contribution is -0.149. The lowest BCUT2D eigenvalue weighted by atomic mass is 10.0. The van der Waals surface area contributed by atoms with E-state index in [4.69, 9.17) is 4.74 Å². The van der Waals surface area contributed by atoms with Crippen LogP contribution in [0.25, 0.3) is 0 Å². The lowest BCUT2D eigenvalue weighted by Crippen LogP contribution is -2.49. The molecule has 0 spiro atoms. The van der Waals surface area contributed by atoms with E-state index in [1.165, 1.54) is 11.8 Å². The molecule has 2 aliphatic heterocycles. The number of aryl methyl sites for hydroxylation is 1. The maximum absolute atomic E-state index is 13.1. The number of amides is 1. The highest BCUT2D eigenvalue weighted by Gasteiger charge is 2.58. The smallest absolute Gasteiger partial charge is 0.344 e. The Kier molecular flexibility index (Phi) is 4.75. The number of carbonyl (C=O) groups excluding carboxylic acids is 3. The maximum Gasteiger partial charge on any atom is 0.344 e. The summed E-state index contributed by atoms with van der Waals surface area (Å²) in [5.41, 5.74) is 2.39. The number of para-hydroxylation sites is 1. The van der Waals surface area contributed by atoms with Gasteiger partial charge in [0.05, 0.1) is 5.69 Å². The van der Waals surface area contributed by atoms with Gasteiger partial charge in [-0.2, -0.15) is 0 Å². The molecule has 2 aromatic rings. The van der Waals surface area contributed by atoms with Gasteiger partial charge in [-0.15, -0.1) is 0 Å². The Labute approximate surface area is 168 Å². The van der Waals surface area contributed by atoms with E-state index in [1.807, 2.05) is 43.3 Å². The van der Waals surface area contributed by atoms with E-state index < -0.39 is 16.9 Å². The fourth-order valence-corrected chi connectivity index (χ4v) is 5.12. The minimum absolute atomic E-state index is 0.0940. The fourth-order valence-electron chi connectivity index (χ4n) is 3.72. The average molecular weight is 395 g/mol. The van der Waals surface area contributed by atoms with Crippen molar-refractivity contribution in [2.75, 3.05) is 4.90 Å². The van der Waals surface area contributed by atoms with Crippen molar-refractivity contribution in [2.24, 2.45) is 0 Å². The van der Waals surface area contributed by atoms with Gasteiger partial charge in [0, 0.05) is 23.3 Å². The molecule has 1 fully saturated rings. The van der Waals surface area contributed by atoms with Crippen LogP contribution in [0.3, 0.4) is 0 Å². The Morgan fingerprint density at radius 1 is 1.18 bits per heavy atom. The average Bonchev–Trinajstić information content (AvgIpc) is 3.23. The summed E-state index contributed by atoms with van der Waals surface area (Å²) in [6.45, 7) is 3.63. The molecule has 2 aliphatic rings. The van der Waals surface area contributed by atoms with Gasteiger partial charge in [-0.05, 0) is 31.0 Å². The number of hydrogen-bond acceptors (Lipinski definition) is 5. The molecule has 2 atom stereocenters. The predicted molar refractivity (Wildman–Crippen MR) is 107 cm³/mol. The van der Waals surface area contributed by atoms with Crippen molar-refractivity contribution in [3.63, 3.8) is 0 Å². The van der Waals surface area contributed by atoms with Crippen molar-refractivity contribution in [1.29, 1.82) is 0 Å². The molecule has 0 aliphatic carbocycles. The highest BCUT2D eigenvalue weighted by Crippen LogP contribution is 2.56. The minimum Gasteiger partial charge on any atom is -0.452 e. The van der Waals surface area contributed by atoms with Crippen molar-refractivity contribution in [3.8, 4) is 0 Å². The van der Waals surface area contributed by atoms with Gasteiger partial charge in [0.25, 0.3) is 0 Å². The summed E-state index contributed by atoms with van der Waals surface area (Å²) in [5.74, 6) is -0.877. The first-order valence-electron chi connectivity index (χ1n) is 9.41. The quantitative estimate of drug-likeness (QED) is 0.566. The van der Waals surface area contributed by atoms with Crippen molar-refractivity contribution in [2.45, 2.75) is 49.0 Å². The molecule has 0 bridgehead atoms. The molecule has 1 saturated heterocycles. The Bertz CT molecular complexity index is 955. The molecule has 0 aromatic heterocycles. The lowest BCUT2D eigenvalue weighted by Gasteiger charge is -2.29. The normalized spacial score (nSPS) is 21.2. The van der Waals surface area contributed by atoms with Gasteiger partial charge in [0.15, 0.2) is 11.0 Å². The number of thioether (sulfide) groups is 1. The monoisotopic (exact) mass is 395 g/mol. The summed E-state index contributed by atoms with van der Waals surface area (Å²) < 4.78 is 5.59. The van der Waals surface area contributed by atoms with Crippen molar-refractivity contribution in [3.05, 3.63) is 59.7 Å². The van der Waals surface area contributed by atoms with Gasteiger partial charge in [-0.3, -0.25) is 14.5 Å². The number of rotatable bonds is 5. The second-order valence-corrected chi connectivity index (χ2v) is 8.36. The zero-order valence-electron chi connectivity index (χ0n) is 15.8. The molecule has 5 nitrogen and oxygen atoms in total. The molecular weight excluding hydrogens is 374 g/mol. The third-order valence-electron chi connectivity index (χ3n) is 5.29. The third-order valence-corrected chi connectivity index (χ3v) is 6.75. The second kappa shape index (κ2) is 7.09. The maximum atomic E-state index is 13.1. The second-order valence-electron chi connectivity index (χ2n) is 7.05. The van der Waals surface area contributed by atoms with E-state index in [2.05, 4.69) is 0 Å². The van der Waals surface area contributed by atoms with Crippen LogP contribution in [-0.4, -0.2) is 28.6 Å². The molecule has 144 valence electrons. The van der Waals surface area contributed by atoms with Gasteiger partial charge >= 0.3 is 5.97 Å². The van der Waals surface area contributed by atoms with E-state index >= 15 is 0 Å². The highest BCUT2D eigenvalue weighted by atomic mass is 32.2. The van der Waals surface area contributed by atoms with Crippen LogP contribution in [0, 0.1) is 0 Å². The first-order valence-corrected chi connectivity index (χ1v) is 10.2. The molecule has 1 amide bonds. The molecule has 28 heavy (non-hydrogen) atoms. The van der Waals surface area contributed by atoms with E-state index in [0.717, 1.165) is 22.6 Å². The van der Waals surface area contributed by atoms with Crippen LogP contribution in [0.2, 0.25) is 0 Å². The molecule has 0 saturated carbocycles. The molecular formula is C22H21NO4S. The molecule has 6 heteroatoms. The number of ketones is 1. The van der Waals surface area contributed by atoms with Crippen molar-refractivity contribution >= 4 is 35.1 Å². The third kappa shape index (κ3) is 2.92. The zero-order valence-corrected chi connectivity index (χ0v) is 16.6. The number of hydrogen-bond donors (Lipinski definition) is 0. The molecule has 2 heterocycles. The number of anilines is 1. The minimum atomic E-state index is -1.11. The van der Waals surface area contributed by atoms with Crippen LogP contribution in [0.1, 0.15) is 42.6 Å². The number of esters is 1. The standard InChI is InChI=1S/C22H21NO4S/c1-3-15-8-10-16(11-9-15)20(25)14(2)27-21(26)22-13-12-19(24)23(22)17-6-4-5-7-18(17)28-22/h4-11,14H,3,12-13H2,1-2H3/t14-,22-/m0/s1. The Balaban J connectivity index is 1.54.